The quantitative estimate of drug-likeness (QED) is 0.848. The third-order valence-electron chi connectivity index (χ3n) is 2.59. The number of ether oxygens (including phenoxy) is 1. The van der Waals surface area contributed by atoms with Crippen molar-refractivity contribution in [3.05, 3.63) is 53.6 Å². The molecule has 0 aliphatic heterocycles. The Balaban J connectivity index is 2.47. The number of rotatable bonds is 2. The summed E-state index contributed by atoms with van der Waals surface area (Å²) in [5, 5.41) is 9.30. The number of hydrogen-bond donors (Lipinski definition) is 1. The molecule has 2 rings (SSSR count). The maximum absolute atomic E-state index is 13.7. The fourth-order valence-corrected chi connectivity index (χ4v) is 1.71. The molecule has 0 bridgehead atoms. The van der Waals surface area contributed by atoms with Crippen molar-refractivity contribution in [3.63, 3.8) is 0 Å². The van der Waals surface area contributed by atoms with Gasteiger partial charge in [0.15, 0.2) is 0 Å². The van der Waals surface area contributed by atoms with Crippen molar-refractivity contribution >= 4 is 5.97 Å². The molecular weight excluding hydrogens is 254 g/mol. The van der Waals surface area contributed by atoms with Gasteiger partial charge in [-0.2, -0.15) is 0 Å². The maximum Gasteiger partial charge on any atom is 0.340 e. The number of methoxy groups -OCH3 is 1. The fraction of sp³-hybridized carbons (Fsp3) is 0.0714. The number of phenols is 1. The smallest absolute Gasteiger partial charge is 0.340 e. The van der Waals surface area contributed by atoms with Gasteiger partial charge in [0.25, 0.3) is 0 Å². The molecule has 0 radical (unpaired) electrons. The molecule has 0 aliphatic carbocycles. The van der Waals surface area contributed by atoms with E-state index in [0.29, 0.717) is 11.1 Å². The van der Waals surface area contributed by atoms with E-state index in [0.717, 1.165) is 25.3 Å². The van der Waals surface area contributed by atoms with Crippen molar-refractivity contribution < 1.29 is 23.4 Å². The van der Waals surface area contributed by atoms with Crippen LogP contribution < -0.4 is 0 Å². The second-order valence-corrected chi connectivity index (χ2v) is 3.88. The monoisotopic (exact) mass is 264 g/mol. The van der Waals surface area contributed by atoms with Crippen molar-refractivity contribution in [2.24, 2.45) is 0 Å². The van der Waals surface area contributed by atoms with Crippen LogP contribution >= 0.6 is 0 Å². The van der Waals surface area contributed by atoms with Crippen molar-refractivity contribution in [1.82, 2.24) is 0 Å². The highest BCUT2D eigenvalue weighted by atomic mass is 19.1. The Hall–Kier alpha value is -2.43. The highest BCUT2D eigenvalue weighted by molar-refractivity contribution is 5.90. The molecule has 0 unspecified atom stereocenters. The highest BCUT2D eigenvalue weighted by Gasteiger charge is 2.13. The van der Waals surface area contributed by atoms with E-state index < -0.39 is 17.6 Å². The number of benzene rings is 2. The molecule has 3 nitrogen and oxygen atoms in total. The predicted octanol–water partition coefficient (Wildman–Crippen LogP) is 3.12. The van der Waals surface area contributed by atoms with Crippen molar-refractivity contribution in [2.75, 3.05) is 7.11 Å². The normalized spacial score (nSPS) is 10.3. The number of carbonyl (C=O) groups is 1. The summed E-state index contributed by atoms with van der Waals surface area (Å²) < 4.78 is 31.3. The number of carbonyl (C=O) groups excluding carboxylic acids is 1. The second-order valence-electron chi connectivity index (χ2n) is 3.88. The molecule has 19 heavy (non-hydrogen) atoms. The lowest BCUT2D eigenvalue weighted by Gasteiger charge is -2.06. The van der Waals surface area contributed by atoms with E-state index in [2.05, 4.69) is 4.74 Å². The van der Waals surface area contributed by atoms with Gasteiger partial charge in [-0.25, -0.2) is 13.6 Å². The zero-order valence-electron chi connectivity index (χ0n) is 9.98. The van der Waals surface area contributed by atoms with Gasteiger partial charge in [0.05, 0.1) is 12.7 Å². The van der Waals surface area contributed by atoms with Gasteiger partial charge in [-0.3, -0.25) is 0 Å². The number of halogens is 2. The van der Waals surface area contributed by atoms with E-state index in [4.69, 9.17) is 0 Å². The van der Waals surface area contributed by atoms with Crippen molar-refractivity contribution in [1.29, 1.82) is 0 Å². The van der Waals surface area contributed by atoms with Crippen LogP contribution in [0.3, 0.4) is 0 Å². The molecular formula is C14H10F2O3. The van der Waals surface area contributed by atoms with Gasteiger partial charge in [-0.1, -0.05) is 6.07 Å². The van der Waals surface area contributed by atoms with Gasteiger partial charge in [0.2, 0.25) is 0 Å². The SMILES string of the molecule is COC(=O)c1ccc(-c2cc(O)cc(F)c2)cc1F. The van der Waals surface area contributed by atoms with Crippen LogP contribution in [0.5, 0.6) is 5.75 Å². The minimum absolute atomic E-state index is 0.202. The Bertz CT molecular complexity index is 618. The van der Waals surface area contributed by atoms with Crippen LogP contribution in [0.1, 0.15) is 10.4 Å². The zero-order chi connectivity index (χ0) is 14.0. The first-order chi connectivity index (χ1) is 9.01. The van der Waals surface area contributed by atoms with Gasteiger partial charge in [-0.05, 0) is 35.4 Å². The Morgan fingerprint density at radius 3 is 2.42 bits per heavy atom. The zero-order valence-corrected chi connectivity index (χ0v) is 9.98. The molecule has 5 heteroatoms. The first kappa shape index (κ1) is 13.0. The molecule has 0 amide bonds. The first-order valence-corrected chi connectivity index (χ1v) is 5.39. The molecule has 0 heterocycles. The summed E-state index contributed by atoms with van der Waals surface area (Å²) in [4.78, 5) is 11.2. The van der Waals surface area contributed by atoms with E-state index in [1.54, 1.807) is 0 Å². The molecule has 0 saturated carbocycles. The van der Waals surface area contributed by atoms with E-state index in [1.165, 1.54) is 18.2 Å². The summed E-state index contributed by atoms with van der Waals surface area (Å²) in [5.74, 6) is -2.45. The summed E-state index contributed by atoms with van der Waals surface area (Å²) in [6.45, 7) is 0. The van der Waals surface area contributed by atoms with E-state index in [-0.39, 0.29) is 11.3 Å². The minimum atomic E-state index is -0.786. The molecule has 0 aliphatic rings. The summed E-state index contributed by atoms with van der Waals surface area (Å²) in [6, 6.07) is 7.19. The van der Waals surface area contributed by atoms with Crippen LogP contribution in [0.4, 0.5) is 8.78 Å². The summed E-state index contributed by atoms with van der Waals surface area (Å²) >= 11 is 0. The first-order valence-electron chi connectivity index (χ1n) is 5.39. The second kappa shape index (κ2) is 5.06. The molecule has 0 saturated heterocycles. The fourth-order valence-electron chi connectivity index (χ4n) is 1.71. The summed E-state index contributed by atoms with van der Waals surface area (Å²) in [5.41, 5.74) is 0.458. The Labute approximate surface area is 108 Å². The average Bonchev–Trinajstić information content (AvgIpc) is 2.36. The largest absolute Gasteiger partial charge is 0.508 e. The van der Waals surface area contributed by atoms with E-state index in [9.17, 15) is 18.7 Å². The van der Waals surface area contributed by atoms with Crippen LogP contribution in [0.2, 0.25) is 0 Å². The third-order valence-corrected chi connectivity index (χ3v) is 2.59. The molecule has 2 aromatic carbocycles. The van der Waals surface area contributed by atoms with Crippen LogP contribution in [-0.2, 0) is 4.74 Å². The minimum Gasteiger partial charge on any atom is -0.508 e. The Morgan fingerprint density at radius 1 is 1.11 bits per heavy atom. The lowest BCUT2D eigenvalue weighted by Crippen LogP contribution is -2.04. The standard InChI is InChI=1S/C14H10F2O3/c1-19-14(18)12-3-2-8(6-13(12)16)9-4-10(15)7-11(17)5-9/h2-7,17H,1H3. The predicted molar refractivity (Wildman–Crippen MR) is 64.8 cm³/mol. The lowest BCUT2D eigenvalue weighted by molar-refractivity contribution is 0.0595. The van der Waals surface area contributed by atoms with E-state index in [1.807, 2.05) is 0 Å². The molecule has 0 aromatic heterocycles. The Morgan fingerprint density at radius 2 is 1.84 bits per heavy atom. The number of aromatic hydroxyl groups is 1. The molecule has 2 aromatic rings. The van der Waals surface area contributed by atoms with Gasteiger partial charge < -0.3 is 9.84 Å². The van der Waals surface area contributed by atoms with Crippen LogP contribution in [0, 0.1) is 11.6 Å². The van der Waals surface area contributed by atoms with Crippen LogP contribution in [0.15, 0.2) is 36.4 Å². The molecule has 0 fully saturated rings. The molecule has 0 atom stereocenters. The van der Waals surface area contributed by atoms with Gasteiger partial charge in [0, 0.05) is 6.07 Å². The van der Waals surface area contributed by atoms with Crippen LogP contribution in [0.25, 0.3) is 11.1 Å². The highest BCUT2D eigenvalue weighted by Crippen LogP contribution is 2.26. The molecule has 0 spiro atoms. The molecule has 1 N–H and O–H groups in total. The van der Waals surface area contributed by atoms with Crippen molar-refractivity contribution in [3.8, 4) is 16.9 Å². The van der Waals surface area contributed by atoms with Crippen LogP contribution in [-0.4, -0.2) is 18.2 Å². The summed E-state index contributed by atoms with van der Waals surface area (Å²) in [7, 11) is 1.15. The number of phenolic OH excluding ortho intramolecular Hbond substituents is 1. The number of hydrogen-bond acceptors (Lipinski definition) is 3. The average molecular weight is 264 g/mol. The van der Waals surface area contributed by atoms with Gasteiger partial charge in [-0.15, -0.1) is 0 Å². The summed E-state index contributed by atoms with van der Waals surface area (Å²) in [6.07, 6.45) is 0. The van der Waals surface area contributed by atoms with E-state index >= 15 is 0 Å². The molecule has 98 valence electrons. The number of esters is 1. The topological polar surface area (TPSA) is 46.5 Å². The maximum atomic E-state index is 13.7. The van der Waals surface area contributed by atoms with Gasteiger partial charge in [0.1, 0.15) is 17.4 Å². The van der Waals surface area contributed by atoms with Gasteiger partial charge >= 0.3 is 5.97 Å². The third kappa shape index (κ3) is 2.70. The van der Waals surface area contributed by atoms with Crippen molar-refractivity contribution in [2.45, 2.75) is 0 Å². The Kier molecular flexibility index (Phi) is 3.46. The lowest BCUT2D eigenvalue weighted by atomic mass is 10.0.